The molecule has 0 atom stereocenters. The van der Waals surface area contributed by atoms with Crippen LogP contribution in [0.5, 0.6) is 5.75 Å². The zero-order chi connectivity index (χ0) is 16.7. The van der Waals surface area contributed by atoms with Gasteiger partial charge in [0, 0.05) is 11.5 Å². The molecule has 1 aromatic carbocycles. The topological polar surface area (TPSA) is 54.0 Å². The lowest BCUT2D eigenvalue weighted by atomic mass is 9.77. The fourth-order valence-electron chi connectivity index (χ4n) is 2.16. The Morgan fingerprint density at radius 3 is 2.14 bits per heavy atom. The van der Waals surface area contributed by atoms with Crippen molar-refractivity contribution in [3.8, 4) is 5.75 Å². The lowest BCUT2D eigenvalue weighted by Gasteiger charge is -2.32. The molecule has 0 amide bonds. The number of hydrogen-bond acceptors (Lipinski definition) is 5. The van der Waals surface area contributed by atoms with Crippen molar-refractivity contribution in [3.63, 3.8) is 0 Å². The highest BCUT2D eigenvalue weighted by molar-refractivity contribution is 6.62. The Balaban J connectivity index is 2.47. The van der Waals surface area contributed by atoms with E-state index in [1.807, 2.05) is 27.7 Å². The molecule has 0 saturated carbocycles. The van der Waals surface area contributed by atoms with Gasteiger partial charge in [-0.1, -0.05) is 0 Å². The van der Waals surface area contributed by atoms with Crippen molar-refractivity contribution in [2.75, 3.05) is 14.2 Å². The van der Waals surface area contributed by atoms with E-state index >= 15 is 0 Å². The van der Waals surface area contributed by atoms with Crippen LogP contribution < -0.4 is 10.2 Å². The Morgan fingerprint density at radius 1 is 1.14 bits per heavy atom. The van der Waals surface area contributed by atoms with Crippen LogP contribution >= 0.6 is 0 Å². The molecule has 2 rings (SSSR count). The quantitative estimate of drug-likeness (QED) is 0.631. The highest BCUT2D eigenvalue weighted by atomic mass is 19.1. The molecule has 0 unspecified atom stereocenters. The molecule has 1 fully saturated rings. The predicted octanol–water partition coefficient (Wildman–Crippen LogP) is 1.92. The maximum atomic E-state index is 14.3. The number of esters is 1. The summed E-state index contributed by atoms with van der Waals surface area (Å²) >= 11 is 0. The van der Waals surface area contributed by atoms with Crippen LogP contribution in [0, 0.1) is 5.82 Å². The van der Waals surface area contributed by atoms with E-state index in [1.165, 1.54) is 20.3 Å². The van der Waals surface area contributed by atoms with E-state index < -0.39 is 30.1 Å². The lowest BCUT2D eigenvalue weighted by molar-refractivity contribution is 0.00578. The minimum atomic E-state index is -0.903. The first-order valence-corrected chi connectivity index (χ1v) is 6.94. The number of benzene rings is 1. The first-order chi connectivity index (χ1) is 10.1. The standard InChI is InChI=1S/C15H20BFO5/c1-14(2)15(3,4)22-16(21-14)10-7-9(13(18)20-6)12(19-5)8-11(10)17/h7-8H,1-6H3. The minimum Gasteiger partial charge on any atom is -0.496 e. The molecule has 0 bridgehead atoms. The van der Waals surface area contributed by atoms with Gasteiger partial charge in [-0.25, -0.2) is 9.18 Å². The molecule has 1 aromatic rings. The molecule has 5 nitrogen and oxygen atoms in total. The fourth-order valence-corrected chi connectivity index (χ4v) is 2.16. The van der Waals surface area contributed by atoms with Gasteiger partial charge >= 0.3 is 13.1 Å². The lowest BCUT2D eigenvalue weighted by Crippen LogP contribution is -2.41. The summed E-state index contributed by atoms with van der Waals surface area (Å²) in [5.41, 5.74) is -0.943. The molecule has 0 radical (unpaired) electrons. The number of halogens is 1. The van der Waals surface area contributed by atoms with E-state index in [0.717, 1.165) is 6.07 Å². The summed E-state index contributed by atoms with van der Waals surface area (Å²) in [4.78, 5) is 11.8. The molecular weight excluding hydrogens is 290 g/mol. The normalized spacial score (nSPS) is 19.1. The van der Waals surface area contributed by atoms with Gasteiger partial charge < -0.3 is 18.8 Å². The molecule has 0 N–H and O–H groups in total. The molecule has 0 aliphatic carbocycles. The van der Waals surface area contributed by atoms with E-state index in [-0.39, 0.29) is 16.8 Å². The molecular formula is C15H20BFO5. The summed E-state index contributed by atoms with van der Waals surface area (Å²) in [5, 5.41) is 0. The average molecular weight is 310 g/mol. The van der Waals surface area contributed by atoms with Gasteiger partial charge in [0.1, 0.15) is 17.1 Å². The first-order valence-electron chi connectivity index (χ1n) is 6.94. The Hall–Kier alpha value is -1.60. The number of carbonyl (C=O) groups is 1. The van der Waals surface area contributed by atoms with Gasteiger partial charge in [-0.05, 0) is 33.8 Å². The Morgan fingerprint density at radius 2 is 1.68 bits per heavy atom. The van der Waals surface area contributed by atoms with Crippen molar-refractivity contribution in [3.05, 3.63) is 23.5 Å². The number of hydrogen-bond donors (Lipinski definition) is 0. The van der Waals surface area contributed by atoms with Crippen LogP contribution in [0.4, 0.5) is 4.39 Å². The highest BCUT2D eigenvalue weighted by Crippen LogP contribution is 2.37. The summed E-state index contributed by atoms with van der Waals surface area (Å²) < 4.78 is 35.7. The molecule has 1 heterocycles. The third-order valence-corrected chi connectivity index (χ3v) is 4.23. The Labute approximate surface area is 129 Å². The third-order valence-electron chi connectivity index (χ3n) is 4.23. The van der Waals surface area contributed by atoms with E-state index in [9.17, 15) is 9.18 Å². The SMILES string of the molecule is COC(=O)c1cc(B2OC(C)(C)C(C)(C)O2)c(F)cc1OC. The molecule has 7 heteroatoms. The van der Waals surface area contributed by atoms with Crippen molar-refractivity contribution in [1.82, 2.24) is 0 Å². The number of ether oxygens (including phenoxy) is 2. The molecule has 0 spiro atoms. The van der Waals surface area contributed by atoms with Crippen LogP contribution in [0.1, 0.15) is 38.1 Å². The largest absolute Gasteiger partial charge is 0.497 e. The minimum absolute atomic E-state index is 0.101. The fraction of sp³-hybridized carbons (Fsp3) is 0.533. The Bertz CT molecular complexity index is 584. The average Bonchev–Trinajstić information content (AvgIpc) is 2.65. The van der Waals surface area contributed by atoms with E-state index in [2.05, 4.69) is 0 Å². The zero-order valence-electron chi connectivity index (χ0n) is 13.7. The molecule has 0 aromatic heterocycles. The summed E-state index contributed by atoms with van der Waals surface area (Å²) in [6, 6.07) is 2.48. The number of carbonyl (C=O) groups excluding carboxylic acids is 1. The van der Waals surface area contributed by atoms with Crippen LogP contribution in [0.3, 0.4) is 0 Å². The van der Waals surface area contributed by atoms with Crippen molar-refractivity contribution in [2.45, 2.75) is 38.9 Å². The molecule has 1 aliphatic rings. The van der Waals surface area contributed by atoms with Gasteiger partial charge in [0.2, 0.25) is 0 Å². The smallest absolute Gasteiger partial charge is 0.496 e. The summed E-state index contributed by atoms with van der Waals surface area (Å²) in [6.45, 7) is 7.48. The second-order valence-electron chi connectivity index (χ2n) is 6.15. The molecule has 1 aliphatic heterocycles. The number of rotatable bonds is 3. The molecule has 120 valence electrons. The first kappa shape index (κ1) is 16.8. The maximum absolute atomic E-state index is 14.3. The highest BCUT2D eigenvalue weighted by Gasteiger charge is 2.52. The maximum Gasteiger partial charge on any atom is 0.497 e. The van der Waals surface area contributed by atoms with Gasteiger partial charge in [-0.15, -0.1) is 0 Å². The van der Waals surface area contributed by atoms with Crippen molar-refractivity contribution in [1.29, 1.82) is 0 Å². The van der Waals surface area contributed by atoms with Crippen molar-refractivity contribution >= 4 is 18.6 Å². The van der Waals surface area contributed by atoms with Gasteiger partial charge in [0.25, 0.3) is 0 Å². The van der Waals surface area contributed by atoms with E-state index in [4.69, 9.17) is 18.8 Å². The predicted molar refractivity (Wildman–Crippen MR) is 80.0 cm³/mol. The van der Waals surface area contributed by atoms with Crippen molar-refractivity contribution in [2.24, 2.45) is 0 Å². The molecule has 1 saturated heterocycles. The van der Waals surface area contributed by atoms with Crippen LogP contribution in [0.25, 0.3) is 0 Å². The molecule has 22 heavy (non-hydrogen) atoms. The summed E-state index contributed by atoms with van der Waals surface area (Å²) in [7, 11) is 1.70. The third kappa shape index (κ3) is 2.70. The van der Waals surface area contributed by atoms with Crippen LogP contribution in [0.2, 0.25) is 0 Å². The van der Waals surface area contributed by atoms with Gasteiger partial charge in [0.05, 0.1) is 25.4 Å². The second-order valence-corrected chi connectivity index (χ2v) is 6.15. The van der Waals surface area contributed by atoms with E-state index in [1.54, 1.807) is 0 Å². The van der Waals surface area contributed by atoms with Gasteiger partial charge in [0.15, 0.2) is 0 Å². The summed E-state index contributed by atoms with van der Waals surface area (Å²) in [5.74, 6) is -1.08. The van der Waals surface area contributed by atoms with Crippen LogP contribution in [0.15, 0.2) is 12.1 Å². The van der Waals surface area contributed by atoms with E-state index in [0.29, 0.717) is 0 Å². The van der Waals surface area contributed by atoms with Gasteiger partial charge in [-0.2, -0.15) is 0 Å². The summed E-state index contributed by atoms with van der Waals surface area (Å²) in [6.07, 6.45) is 0. The van der Waals surface area contributed by atoms with Crippen LogP contribution in [-0.4, -0.2) is 38.5 Å². The zero-order valence-corrected chi connectivity index (χ0v) is 13.7. The Kier molecular flexibility index (Phi) is 4.23. The monoisotopic (exact) mass is 310 g/mol. The van der Waals surface area contributed by atoms with Crippen molar-refractivity contribution < 1.29 is 28.0 Å². The van der Waals surface area contributed by atoms with Gasteiger partial charge in [-0.3, -0.25) is 0 Å². The van der Waals surface area contributed by atoms with Crippen LogP contribution in [-0.2, 0) is 14.0 Å². The number of methoxy groups -OCH3 is 2. The second kappa shape index (κ2) is 5.55.